The average Bonchev–Trinajstić information content (AvgIpc) is 3.32. The first kappa shape index (κ1) is 21.2. The monoisotopic (exact) mass is 427 g/mol. The molecule has 0 saturated carbocycles. The van der Waals surface area contributed by atoms with E-state index >= 15 is 0 Å². The fourth-order valence-electron chi connectivity index (χ4n) is 4.12. The Morgan fingerprint density at radius 2 is 1.84 bits per heavy atom. The van der Waals surface area contributed by atoms with Crippen LogP contribution in [0.1, 0.15) is 31.2 Å². The van der Waals surface area contributed by atoms with Crippen molar-refractivity contribution in [3.05, 3.63) is 29.6 Å². The van der Waals surface area contributed by atoms with Gasteiger partial charge in [0.25, 0.3) is 0 Å². The van der Waals surface area contributed by atoms with Gasteiger partial charge in [-0.25, -0.2) is 0 Å². The molecule has 1 aromatic heterocycles. The van der Waals surface area contributed by atoms with Crippen molar-refractivity contribution in [1.29, 1.82) is 0 Å². The largest absolute Gasteiger partial charge is 0.454 e. The molecule has 1 saturated heterocycles. The minimum Gasteiger partial charge on any atom is -0.454 e. The number of anilines is 2. The molecule has 1 fully saturated rings. The summed E-state index contributed by atoms with van der Waals surface area (Å²) < 4.78 is 12.4. The second kappa shape index (κ2) is 8.58. The summed E-state index contributed by atoms with van der Waals surface area (Å²) in [5, 5.41) is 10.3. The van der Waals surface area contributed by atoms with Gasteiger partial charge in [-0.1, -0.05) is 0 Å². The van der Waals surface area contributed by atoms with Crippen molar-refractivity contribution in [1.82, 2.24) is 14.7 Å². The van der Waals surface area contributed by atoms with Gasteiger partial charge in [0, 0.05) is 24.7 Å². The maximum absolute atomic E-state index is 12.8. The highest BCUT2D eigenvalue weighted by molar-refractivity contribution is 5.96. The predicted molar refractivity (Wildman–Crippen MR) is 116 cm³/mol. The highest BCUT2D eigenvalue weighted by Crippen LogP contribution is 2.34. The molecule has 0 spiro atoms. The third-order valence-electron chi connectivity index (χ3n) is 6.22. The molecular weight excluding hydrogens is 398 g/mol. The molecular formula is C22H29N5O4. The quantitative estimate of drug-likeness (QED) is 0.761. The van der Waals surface area contributed by atoms with E-state index in [9.17, 15) is 9.59 Å². The van der Waals surface area contributed by atoms with E-state index < -0.39 is 0 Å². The summed E-state index contributed by atoms with van der Waals surface area (Å²) in [4.78, 5) is 27.6. The Balaban J connectivity index is 1.29. The molecule has 2 aliphatic heterocycles. The van der Waals surface area contributed by atoms with Crippen LogP contribution in [0.4, 0.5) is 11.4 Å². The zero-order chi connectivity index (χ0) is 22.1. The van der Waals surface area contributed by atoms with E-state index in [1.165, 1.54) is 0 Å². The number of carbonyl (C=O) groups is 2. The lowest BCUT2D eigenvalue weighted by molar-refractivity contribution is -0.123. The normalized spacial score (nSPS) is 17.4. The first-order valence-electron chi connectivity index (χ1n) is 10.6. The molecule has 0 radical (unpaired) electrons. The molecule has 3 heterocycles. The summed E-state index contributed by atoms with van der Waals surface area (Å²) >= 11 is 0. The SMILES string of the molecule is Cc1nn(C)c(C)c1NC(=O)C(C)N1CCC(C(=O)Nc2ccc3c(c2)OCO3)CC1. The highest BCUT2D eigenvalue weighted by atomic mass is 16.7. The van der Waals surface area contributed by atoms with Crippen molar-refractivity contribution < 1.29 is 19.1 Å². The zero-order valence-corrected chi connectivity index (χ0v) is 18.4. The number of nitrogens with zero attached hydrogens (tertiary/aromatic N) is 3. The van der Waals surface area contributed by atoms with Gasteiger partial charge in [-0.2, -0.15) is 5.10 Å². The third-order valence-corrected chi connectivity index (χ3v) is 6.22. The number of amides is 2. The summed E-state index contributed by atoms with van der Waals surface area (Å²) in [5.41, 5.74) is 3.21. The van der Waals surface area contributed by atoms with Crippen molar-refractivity contribution in [2.24, 2.45) is 13.0 Å². The fourth-order valence-corrected chi connectivity index (χ4v) is 4.12. The van der Waals surface area contributed by atoms with Crippen LogP contribution in [0.15, 0.2) is 18.2 Å². The van der Waals surface area contributed by atoms with Gasteiger partial charge in [-0.05, 0) is 58.8 Å². The number of hydrogen-bond donors (Lipinski definition) is 2. The van der Waals surface area contributed by atoms with Crippen molar-refractivity contribution >= 4 is 23.2 Å². The lowest BCUT2D eigenvalue weighted by Gasteiger charge is -2.34. The maximum Gasteiger partial charge on any atom is 0.241 e. The molecule has 2 aromatic rings. The van der Waals surface area contributed by atoms with Crippen LogP contribution in [0, 0.1) is 19.8 Å². The van der Waals surface area contributed by atoms with E-state index in [2.05, 4.69) is 20.6 Å². The number of hydrogen-bond acceptors (Lipinski definition) is 6. The smallest absolute Gasteiger partial charge is 0.241 e. The first-order chi connectivity index (χ1) is 14.8. The van der Waals surface area contributed by atoms with Crippen LogP contribution in [-0.2, 0) is 16.6 Å². The second-order valence-electron chi connectivity index (χ2n) is 8.20. The van der Waals surface area contributed by atoms with E-state index in [1.54, 1.807) is 16.8 Å². The fraction of sp³-hybridized carbons (Fsp3) is 0.500. The number of likely N-dealkylation sites (tertiary alicyclic amines) is 1. The van der Waals surface area contributed by atoms with Gasteiger partial charge in [0.2, 0.25) is 18.6 Å². The molecule has 4 rings (SSSR count). The summed E-state index contributed by atoms with van der Waals surface area (Å²) in [5.74, 6) is 1.20. The van der Waals surface area contributed by atoms with Crippen molar-refractivity contribution in [2.75, 3.05) is 30.5 Å². The molecule has 2 aliphatic rings. The Hall–Kier alpha value is -3.07. The Morgan fingerprint density at radius 3 is 2.52 bits per heavy atom. The molecule has 1 aromatic carbocycles. The van der Waals surface area contributed by atoms with Crippen LogP contribution in [0.3, 0.4) is 0 Å². The number of nitrogens with one attached hydrogen (secondary N) is 2. The number of ether oxygens (including phenoxy) is 2. The predicted octanol–water partition coefficient (Wildman–Crippen LogP) is 2.44. The first-order valence-corrected chi connectivity index (χ1v) is 10.6. The number of fused-ring (bicyclic) bond motifs is 1. The molecule has 9 heteroatoms. The van der Waals surface area contributed by atoms with Gasteiger partial charge >= 0.3 is 0 Å². The lowest BCUT2D eigenvalue weighted by atomic mass is 9.94. The molecule has 166 valence electrons. The Kier molecular flexibility index (Phi) is 5.86. The molecule has 1 atom stereocenters. The third kappa shape index (κ3) is 4.36. The minimum absolute atomic E-state index is 0.00257. The number of rotatable bonds is 5. The molecule has 1 unspecified atom stereocenters. The summed E-state index contributed by atoms with van der Waals surface area (Å²) in [7, 11) is 1.86. The lowest BCUT2D eigenvalue weighted by Crippen LogP contribution is -2.47. The van der Waals surface area contributed by atoms with Gasteiger partial charge in [-0.3, -0.25) is 19.2 Å². The number of piperidine rings is 1. The van der Waals surface area contributed by atoms with E-state index in [1.807, 2.05) is 33.9 Å². The number of aryl methyl sites for hydroxylation is 2. The van der Waals surface area contributed by atoms with E-state index in [4.69, 9.17) is 9.47 Å². The van der Waals surface area contributed by atoms with Gasteiger partial charge < -0.3 is 20.1 Å². The minimum atomic E-state index is -0.281. The molecule has 2 amide bonds. The Bertz CT molecular complexity index is 994. The topological polar surface area (TPSA) is 97.7 Å². The van der Waals surface area contributed by atoms with Crippen LogP contribution < -0.4 is 20.1 Å². The van der Waals surface area contributed by atoms with E-state index in [0.717, 1.165) is 17.1 Å². The van der Waals surface area contributed by atoms with Crippen molar-refractivity contribution in [3.8, 4) is 11.5 Å². The highest BCUT2D eigenvalue weighted by Gasteiger charge is 2.30. The van der Waals surface area contributed by atoms with Crippen LogP contribution in [0.25, 0.3) is 0 Å². The van der Waals surface area contributed by atoms with Crippen LogP contribution >= 0.6 is 0 Å². The standard InChI is InChI=1S/C22H29N5O4/c1-13-20(14(2)26(4)25-13)24-21(28)15(3)27-9-7-16(8-10-27)22(29)23-17-5-6-18-19(11-17)31-12-30-18/h5-6,11,15-16H,7-10,12H2,1-4H3,(H,23,29)(H,24,28). The zero-order valence-electron chi connectivity index (χ0n) is 18.4. The number of carbonyl (C=O) groups excluding carboxylic acids is 2. The van der Waals surface area contributed by atoms with Gasteiger partial charge in [0.15, 0.2) is 11.5 Å². The molecule has 9 nitrogen and oxygen atoms in total. The molecule has 0 aliphatic carbocycles. The van der Waals surface area contributed by atoms with Crippen molar-refractivity contribution in [2.45, 2.75) is 39.7 Å². The maximum atomic E-state index is 12.8. The van der Waals surface area contributed by atoms with Crippen LogP contribution in [0.5, 0.6) is 11.5 Å². The van der Waals surface area contributed by atoms with E-state index in [-0.39, 0.29) is 30.6 Å². The van der Waals surface area contributed by atoms with Crippen LogP contribution in [-0.4, -0.2) is 52.4 Å². The Morgan fingerprint density at radius 1 is 1.13 bits per heavy atom. The van der Waals surface area contributed by atoms with Crippen molar-refractivity contribution in [3.63, 3.8) is 0 Å². The molecule has 0 bridgehead atoms. The van der Waals surface area contributed by atoms with Gasteiger partial charge in [-0.15, -0.1) is 0 Å². The Labute approximate surface area is 181 Å². The summed E-state index contributed by atoms with van der Waals surface area (Å²) in [6, 6.07) is 5.11. The summed E-state index contributed by atoms with van der Waals surface area (Å²) in [6.07, 6.45) is 1.41. The molecule has 31 heavy (non-hydrogen) atoms. The summed E-state index contributed by atoms with van der Waals surface area (Å²) in [6.45, 7) is 7.32. The van der Waals surface area contributed by atoms with Gasteiger partial charge in [0.1, 0.15) is 0 Å². The molecule has 2 N–H and O–H groups in total. The number of aromatic nitrogens is 2. The van der Waals surface area contributed by atoms with Gasteiger partial charge in [0.05, 0.1) is 23.1 Å². The van der Waals surface area contributed by atoms with Crippen LogP contribution in [0.2, 0.25) is 0 Å². The average molecular weight is 428 g/mol. The number of benzene rings is 1. The second-order valence-corrected chi connectivity index (χ2v) is 8.20. The van der Waals surface area contributed by atoms with E-state index in [0.29, 0.717) is 43.1 Å².